The van der Waals surface area contributed by atoms with Crippen LogP contribution in [0, 0.1) is 17.1 Å². The number of ether oxygens (including phenoxy) is 1. The average molecular weight is 446 g/mol. The summed E-state index contributed by atoms with van der Waals surface area (Å²) in [5.74, 6) is -0.137. The number of aryl methyl sites for hydroxylation is 2. The van der Waals surface area contributed by atoms with E-state index < -0.39 is 11.9 Å². The minimum absolute atomic E-state index is 0.0566. The number of fused-ring (bicyclic) bond motifs is 7. The molecule has 0 aliphatic carbocycles. The molecule has 1 atom stereocenters. The van der Waals surface area contributed by atoms with Crippen molar-refractivity contribution in [2.75, 3.05) is 5.73 Å². The second kappa shape index (κ2) is 7.30. The van der Waals surface area contributed by atoms with Gasteiger partial charge in [-0.25, -0.2) is 9.18 Å². The topological polar surface area (TPSA) is 130 Å². The summed E-state index contributed by atoms with van der Waals surface area (Å²) < 4.78 is 24.7. The predicted molar refractivity (Wildman–Crippen MR) is 117 cm³/mol. The monoisotopic (exact) mass is 446 g/mol. The van der Waals surface area contributed by atoms with Gasteiger partial charge in [-0.3, -0.25) is 9.25 Å². The summed E-state index contributed by atoms with van der Waals surface area (Å²) in [6.45, 7) is 1.82. The lowest BCUT2D eigenvalue weighted by molar-refractivity contribution is 0.227. The van der Waals surface area contributed by atoms with E-state index in [1.807, 2.05) is 0 Å². The van der Waals surface area contributed by atoms with Gasteiger partial charge in [-0.05, 0) is 25.1 Å². The van der Waals surface area contributed by atoms with Crippen molar-refractivity contribution in [3.63, 3.8) is 0 Å². The third-order valence-electron chi connectivity index (χ3n) is 5.75. The maximum Gasteiger partial charge on any atom is 0.328 e. The van der Waals surface area contributed by atoms with Crippen LogP contribution in [0.1, 0.15) is 30.0 Å². The largest absolute Gasteiger partial charge is 0.482 e. The highest BCUT2D eigenvalue weighted by atomic mass is 19.1. The number of nitrogens with two attached hydrogens (primary N) is 1. The molecule has 1 aliphatic rings. The van der Waals surface area contributed by atoms with E-state index in [1.54, 1.807) is 39.3 Å². The average Bonchev–Trinajstić information content (AvgIpc) is 3.25. The Kier molecular flexibility index (Phi) is 4.52. The van der Waals surface area contributed by atoms with Gasteiger partial charge in [0.25, 0.3) is 0 Å². The lowest BCUT2D eigenvalue weighted by Crippen LogP contribution is -2.24. The minimum atomic E-state index is -0.637. The highest BCUT2D eigenvalue weighted by Gasteiger charge is 2.26. The maximum atomic E-state index is 14.2. The summed E-state index contributed by atoms with van der Waals surface area (Å²) in [7, 11) is 3.28. The van der Waals surface area contributed by atoms with Gasteiger partial charge in [0.2, 0.25) is 0 Å². The zero-order valence-corrected chi connectivity index (χ0v) is 18.1. The van der Waals surface area contributed by atoms with Crippen molar-refractivity contribution in [1.82, 2.24) is 29.1 Å². The second-order valence-electron chi connectivity index (χ2n) is 7.87. The first-order chi connectivity index (χ1) is 15.8. The number of aromatic nitrogens is 6. The van der Waals surface area contributed by atoms with Crippen LogP contribution in [0.4, 0.5) is 10.2 Å². The normalized spacial score (nSPS) is 14.7. The zero-order valence-electron chi connectivity index (χ0n) is 18.1. The highest BCUT2D eigenvalue weighted by molar-refractivity contribution is 5.71. The van der Waals surface area contributed by atoms with Gasteiger partial charge in [0.15, 0.2) is 11.6 Å². The van der Waals surface area contributed by atoms with Gasteiger partial charge in [0, 0.05) is 37.5 Å². The molecule has 4 aromatic rings. The molecule has 10 nitrogen and oxygen atoms in total. The summed E-state index contributed by atoms with van der Waals surface area (Å²) in [5.41, 5.74) is 8.92. The molecule has 33 heavy (non-hydrogen) atoms. The lowest BCUT2D eigenvalue weighted by Gasteiger charge is -2.21. The summed E-state index contributed by atoms with van der Waals surface area (Å²) in [4.78, 5) is 13.1. The van der Waals surface area contributed by atoms with E-state index >= 15 is 0 Å². The van der Waals surface area contributed by atoms with E-state index in [1.165, 1.54) is 25.9 Å². The van der Waals surface area contributed by atoms with Gasteiger partial charge in [-0.2, -0.15) is 10.4 Å². The van der Waals surface area contributed by atoms with E-state index in [2.05, 4.69) is 21.4 Å². The van der Waals surface area contributed by atoms with E-state index in [-0.39, 0.29) is 29.5 Å². The van der Waals surface area contributed by atoms with E-state index in [4.69, 9.17) is 10.5 Å². The van der Waals surface area contributed by atoms with Crippen molar-refractivity contribution >= 4 is 5.82 Å². The number of nitriles is 1. The Balaban J connectivity index is 1.88. The third-order valence-corrected chi connectivity index (χ3v) is 5.75. The Hall–Kier alpha value is -4.46. The van der Waals surface area contributed by atoms with Gasteiger partial charge < -0.3 is 15.0 Å². The second-order valence-corrected chi connectivity index (χ2v) is 7.87. The molecule has 0 saturated heterocycles. The van der Waals surface area contributed by atoms with E-state index in [9.17, 15) is 14.4 Å². The number of halogens is 1. The molecular weight excluding hydrogens is 427 g/mol. The quantitative estimate of drug-likeness (QED) is 0.438. The van der Waals surface area contributed by atoms with E-state index in [0.29, 0.717) is 33.8 Å². The Labute approximate surface area is 187 Å². The summed E-state index contributed by atoms with van der Waals surface area (Å²) >= 11 is 0. The summed E-state index contributed by atoms with van der Waals surface area (Å²) in [6.07, 6.45) is 1.04. The first-order valence-electron chi connectivity index (χ1n) is 10.1. The number of hydrogen-bond acceptors (Lipinski definition) is 7. The van der Waals surface area contributed by atoms with Gasteiger partial charge in [-0.15, -0.1) is 10.2 Å². The molecule has 11 heteroatoms. The van der Waals surface area contributed by atoms with Crippen LogP contribution in [0.3, 0.4) is 0 Å². The molecule has 0 fully saturated rings. The molecule has 0 unspecified atom stereocenters. The number of benzene rings is 1. The van der Waals surface area contributed by atoms with Crippen molar-refractivity contribution in [3.8, 4) is 34.3 Å². The number of nitrogen functional groups attached to an aromatic ring is 1. The van der Waals surface area contributed by atoms with Crippen LogP contribution in [-0.4, -0.2) is 29.1 Å². The van der Waals surface area contributed by atoms with Gasteiger partial charge in [0.05, 0.1) is 23.5 Å². The Morgan fingerprint density at radius 2 is 2.06 bits per heavy atom. The van der Waals surface area contributed by atoms with Crippen molar-refractivity contribution in [1.29, 1.82) is 5.26 Å². The fraction of sp³-hybridized carbons (Fsp3) is 0.227. The minimum Gasteiger partial charge on any atom is -0.482 e. The standard InChI is InChI=1S/C22H19FN8O2/c1-11-14-6-12(23)4-5-13(14)18-10-29(2)22(32)31(18)9-16-20(17(8-24)30(3)28-16)15-7-19(33-11)21(25)27-26-15/h4-7,10-11H,9H2,1-3H3,(H2,25,27)/t11-/m1/s1. The van der Waals surface area contributed by atoms with Gasteiger partial charge in [0.1, 0.15) is 29.4 Å². The summed E-state index contributed by atoms with van der Waals surface area (Å²) in [6, 6.07) is 8.04. The van der Waals surface area contributed by atoms with Crippen LogP contribution in [0.5, 0.6) is 5.75 Å². The van der Waals surface area contributed by atoms with Crippen molar-refractivity contribution in [3.05, 3.63) is 63.7 Å². The fourth-order valence-corrected chi connectivity index (χ4v) is 4.16. The molecule has 0 amide bonds. The van der Waals surface area contributed by atoms with Crippen molar-refractivity contribution in [2.24, 2.45) is 14.1 Å². The molecular formula is C22H19FN8O2. The van der Waals surface area contributed by atoms with Crippen LogP contribution in [0.15, 0.2) is 35.3 Å². The predicted octanol–water partition coefficient (Wildman–Crippen LogP) is 2.14. The number of nitrogens with zero attached hydrogens (tertiary/aromatic N) is 7. The molecule has 0 saturated carbocycles. The molecule has 4 heterocycles. The molecule has 1 aliphatic heterocycles. The number of imidazole rings is 1. The third kappa shape index (κ3) is 3.15. The Morgan fingerprint density at radius 3 is 2.82 bits per heavy atom. The first-order valence-corrected chi connectivity index (χ1v) is 10.1. The molecule has 5 rings (SSSR count). The lowest BCUT2D eigenvalue weighted by atomic mass is 10.00. The Bertz CT molecular complexity index is 1520. The molecule has 1 aromatic carbocycles. The summed E-state index contributed by atoms with van der Waals surface area (Å²) in [5, 5.41) is 22.4. The van der Waals surface area contributed by atoms with Crippen LogP contribution in [0.2, 0.25) is 0 Å². The van der Waals surface area contributed by atoms with Crippen LogP contribution in [0.25, 0.3) is 22.5 Å². The highest BCUT2D eigenvalue weighted by Crippen LogP contribution is 2.36. The maximum absolute atomic E-state index is 14.2. The van der Waals surface area contributed by atoms with Gasteiger partial charge >= 0.3 is 5.69 Å². The van der Waals surface area contributed by atoms with Crippen molar-refractivity contribution < 1.29 is 9.13 Å². The molecule has 166 valence electrons. The SMILES string of the molecule is C[C@H]1Oc2cc(nnc2N)-c2c(nn(C)c2C#N)Cn2c(cn(C)c2=O)-c2ccc(F)cc21. The number of rotatable bonds is 0. The first kappa shape index (κ1) is 20.4. The number of hydrogen-bond donors (Lipinski definition) is 1. The zero-order chi connectivity index (χ0) is 23.4. The van der Waals surface area contributed by atoms with E-state index in [0.717, 1.165) is 0 Å². The van der Waals surface area contributed by atoms with Crippen LogP contribution < -0.4 is 16.2 Å². The molecule has 3 aromatic heterocycles. The molecule has 0 radical (unpaired) electrons. The Morgan fingerprint density at radius 1 is 1.27 bits per heavy atom. The fourth-order valence-electron chi connectivity index (χ4n) is 4.16. The smallest absolute Gasteiger partial charge is 0.328 e. The van der Waals surface area contributed by atoms with Crippen LogP contribution in [-0.2, 0) is 20.6 Å². The number of anilines is 1. The molecule has 0 spiro atoms. The molecule has 2 bridgehead atoms. The molecule has 2 N–H and O–H groups in total. The van der Waals surface area contributed by atoms with Gasteiger partial charge in [-0.1, -0.05) is 0 Å². The van der Waals surface area contributed by atoms with Crippen molar-refractivity contribution in [2.45, 2.75) is 19.6 Å². The van der Waals surface area contributed by atoms with Crippen LogP contribution >= 0.6 is 0 Å².